The molecule has 2 aromatic rings. The highest BCUT2D eigenvalue weighted by molar-refractivity contribution is 6.01. The minimum Gasteiger partial charge on any atom is -0.351 e. The summed E-state index contributed by atoms with van der Waals surface area (Å²) in [5, 5.41) is 10.3. The molecule has 2 N–H and O–H groups in total. The fourth-order valence-corrected chi connectivity index (χ4v) is 4.53. The van der Waals surface area contributed by atoms with E-state index in [9.17, 15) is 14.4 Å². The number of nitrogens with one attached hydrogen (secondary N) is 2. The molecule has 1 atom stereocenters. The van der Waals surface area contributed by atoms with Gasteiger partial charge in [0.15, 0.2) is 5.69 Å². The number of carbonyl (C=O) groups is 3. The maximum Gasteiger partial charge on any atom is 0.273 e. The van der Waals surface area contributed by atoms with Gasteiger partial charge < -0.3 is 15.5 Å². The van der Waals surface area contributed by atoms with Crippen LogP contribution in [0.15, 0.2) is 36.4 Å². The summed E-state index contributed by atoms with van der Waals surface area (Å²) in [4.78, 5) is 40.6. The molecule has 1 fully saturated rings. The molecule has 3 amide bonds. The molecule has 31 heavy (non-hydrogen) atoms. The SMILES string of the molecule is CCN1C(=O)c2cc(C(=O)NCc3ccccc3)nn2C[C@]1(C)C(=O)NC1CCCC1. The van der Waals surface area contributed by atoms with E-state index in [-0.39, 0.29) is 36.0 Å². The van der Waals surface area contributed by atoms with Gasteiger partial charge in [-0.15, -0.1) is 0 Å². The van der Waals surface area contributed by atoms with Crippen LogP contribution in [0.5, 0.6) is 0 Å². The van der Waals surface area contributed by atoms with Crippen molar-refractivity contribution in [2.45, 2.75) is 64.2 Å². The van der Waals surface area contributed by atoms with Crippen LogP contribution < -0.4 is 10.6 Å². The zero-order chi connectivity index (χ0) is 22.0. The van der Waals surface area contributed by atoms with Crippen molar-refractivity contribution in [2.75, 3.05) is 6.54 Å². The van der Waals surface area contributed by atoms with Crippen molar-refractivity contribution in [1.82, 2.24) is 25.3 Å². The number of hydrogen-bond donors (Lipinski definition) is 2. The van der Waals surface area contributed by atoms with E-state index >= 15 is 0 Å². The van der Waals surface area contributed by atoms with Crippen LogP contribution in [-0.2, 0) is 17.9 Å². The molecule has 8 nitrogen and oxygen atoms in total. The molecule has 4 rings (SSSR count). The highest BCUT2D eigenvalue weighted by Gasteiger charge is 2.48. The number of nitrogens with zero attached hydrogens (tertiary/aromatic N) is 3. The van der Waals surface area contributed by atoms with E-state index in [1.807, 2.05) is 37.3 Å². The van der Waals surface area contributed by atoms with Gasteiger partial charge in [0.05, 0.1) is 6.54 Å². The molecule has 0 radical (unpaired) electrons. The van der Waals surface area contributed by atoms with E-state index in [2.05, 4.69) is 15.7 Å². The number of hydrogen-bond acceptors (Lipinski definition) is 4. The van der Waals surface area contributed by atoms with Crippen LogP contribution >= 0.6 is 0 Å². The predicted octanol–water partition coefficient (Wildman–Crippen LogP) is 2.11. The molecule has 1 aromatic carbocycles. The normalized spacial score (nSPS) is 21.1. The second-order valence-corrected chi connectivity index (χ2v) is 8.52. The van der Waals surface area contributed by atoms with Gasteiger partial charge in [0.1, 0.15) is 11.2 Å². The van der Waals surface area contributed by atoms with Crippen molar-refractivity contribution >= 4 is 17.7 Å². The lowest BCUT2D eigenvalue weighted by Gasteiger charge is -2.43. The third kappa shape index (κ3) is 4.06. The van der Waals surface area contributed by atoms with Crippen LogP contribution in [0.2, 0.25) is 0 Å². The van der Waals surface area contributed by atoms with Gasteiger partial charge >= 0.3 is 0 Å². The molecule has 1 aliphatic heterocycles. The van der Waals surface area contributed by atoms with E-state index in [1.54, 1.807) is 11.8 Å². The summed E-state index contributed by atoms with van der Waals surface area (Å²) in [5.41, 5.74) is 0.434. The van der Waals surface area contributed by atoms with Crippen LogP contribution in [0.25, 0.3) is 0 Å². The Bertz CT molecular complexity index is 980. The van der Waals surface area contributed by atoms with Crippen LogP contribution in [0.3, 0.4) is 0 Å². The Balaban J connectivity index is 1.52. The topological polar surface area (TPSA) is 96.3 Å². The quantitative estimate of drug-likeness (QED) is 0.744. The van der Waals surface area contributed by atoms with E-state index < -0.39 is 5.54 Å². The van der Waals surface area contributed by atoms with Gasteiger partial charge in [-0.25, -0.2) is 0 Å². The van der Waals surface area contributed by atoms with Crippen LogP contribution in [0.1, 0.15) is 66.1 Å². The smallest absolute Gasteiger partial charge is 0.273 e. The third-order valence-electron chi connectivity index (χ3n) is 6.32. The number of rotatable bonds is 6. The van der Waals surface area contributed by atoms with Crippen molar-refractivity contribution in [3.05, 3.63) is 53.3 Å². The summed E-state index contributed by atoms with van der Waals surface area (Å²) in [5.74, 6) is -0.794. The van der Waals surface area contributed by atoms with Crippen molar-refractivity contribution in [3.63, 3.8) is 0 Å². The molecule has 164 valence electrons. The van der Waals surface area contributed by atoms with E-state index in [4.69, 9.17) is 0 Å². The molecule has 0 unspecified atom stereocenters. The highest BCUT2D eigenvalue weighted by Crippen LogP contribution is 2.28. The molecule has 0 saturated heterocycles. The average Bonchev–Trinajstić information content (AvgIpc) is 3.43. The summed E-state index contributed by atoms with van der Waals surface area (Å²) in [6, 6.07) is 11.3. The Morgan fingerprint density at radius 2 is 1.90 bits per heavy atom. The first kappa shape index (κ1) is 21.1. The monoisotopic (exact) mass is 423 g/mol. The van der Waals surface area contributed by atoms with Crippen molar-refractivity contribution in [1.29, 1.82) is 0 Å². The number of benzene rings is 1. The van der Waals surface area contributed by atoms with Gasteiger partial charge in [-0.2, -0.15) is 5.10 Å². The molecule has 0 spiro atoms. The van der Waals surface area contributed by atoms with E-state index in [0.717, 1.165) is 31.2 Å². The van der Waals surface area contributed by atoms with Crippen LogP contribution in [0, 0.1) is 0 Å². The molecule has 1 aliphatic carbocycles. The molecule has 0 bridgehead atoms. The van der Waals surface area contributed by atoms with Crippen molar-refractivity contribution in [3.8, 4) is 0 Å². The van der Waals surface area contributed by atoms with Gasteiger partial charge in [-0.3, -0.25) is 19.1 Å². The minimum absolute atomic E-state index is 0.161. The summed E-state index contributed by atoms with van der Waals surface area (Å²) in [6.07, 6.45) is 4.17. The minimum atomic E-state index is -1.05. The fraction of sp³-hybridized carbons (Fsp3) is 0.478. The molecular weight excluding hydrogens is 394 g/mol. The average molecular weight is 424 g/mol. The van der Waals surface area contributed by atoms with Crippen LogP contribution in [0.4, 0.5) is 0 Å². The van der Waals surface area contributed by atoms with Crippen molar-refractivity contribution in [2.24, 2.45) is 0 Å². The first-order chi connectivity index (χ1) is 14.9. The fourth-order valence-electron chi connectivity index (χ4n) is 4.53. The summed E-state index contributed by atoms with van der Waals surface area (Å²) < 4.78 is 1.50. The Morgan fingerprint density at radius 1 is 1.19 bits per heavy atom. The lowest BCUT2D eigenvalue weighted by atomic mass is 9.94. The maximum absolute atomic E-state index is 13.2. The zero-order valence-corrected chi connectivity index (χ0v) is 18.1. The van der Waals surface area contributed by atoms with E-state index in [1.165, 1.54) is 10.7 Å². The molecule has 1 saturated carbocycles. The Labute approximate surface area is 182 Å². The van der Waals surface area contributed by atoms with Gasteiger partial charge in [0.2, 0.25) is 5.91 Å². The lowest BCUT2D eigenvalue weighted by molar-refractivity contribution is -0.133. The zero-order valence-electron chi connectivity index (χ0n) is 18.1. The van der Waals surface area contributed by atoms with Crippen LogP contribution in [-0.4, -0.2) is 50.5 Å². The molecule has 2 heterocycles. The summed E-state index contributed by atoms with van der Waals surface area (Å²) in [7, 11) is 0. The second-order valence-electron chi connectivity index (χ2n) is 8.52. The Kier molecular flexibility index (Phi) is 5.80. The number of fused-ring (bicyclic) bond motifs is 1. The molecular formula is C23H29N5O3. The van der Waals surface area contributed by atoms with E-state index in [0.29, 0.717) is 18.8 Å². The third-order valence-corrected chi connectivity index (χ3v) is 6.32. The summed E-state index contributed by atoms with van der Waals surface area (Å²) >= 11 is 0. The van der Waals surface area contributed by atoms with Gasteiger partial charge in [0.25, 0.3) is 11.8 Å². The van der Waals surface area contributed by atoms with Gasteiger partial charge in [-0.05, 0) is 32.3 Å². The molecule has 1 aromatic heterocycles. The number of aromatic nitrogens is 2. The predicted molar refractivity (Wildman–Crippen MR) is 115 cm³/mol. The highest BCUT2D eigenvalue weighted by atomic mass is 16.2. The number of likely N-dealkylation sites (N-methyl/N-ethyl adjacent to an activating group) is 1. The lowest BCUT2D eigenvalue weighted by Crippen LogP contribution is -2.64. The Hall–Kier alpha value is -3.16. The Morgan fingerprint density at radius 3 is 2.58 bits per heavy atom. The van der Waals surface area contributed by atoms with Crippen molar-refractivity contribution < 1.29 is 14.4 Å². The second kappa shape index (κ2) is 8.53. The maximum atomic E-state index is 13.2. The first-order valence-electron chi connectivity index (χ1n) is 11.0. The standard InChI is InChI=1S/C23H29N5O3/c1-3-27-21(30)19-13-18(20(29)24-14-16-9-5-4-6-10-16)26-28(19)15-23(27,2)22(31)25-17-11-7-8-12-17/h4-6,9-10,13,17H,3,7-8,11-12,14-15H2,1-2H3,(H,24,29)(H,25,31)/t23-/m1/s1. The number of carbonyl (C=O) groups excluding carboxylic acids is 3. The van der Waals surface area contributed by atoms with Gasteiger partial charge in [0, 0.05) is 25.2 Å². The first-order valence-corrected chi connectivity index (χ1v) is 11.0. The molecule has 8 heteroatoms. The largest absolute Gasteiger partial charge is 0.351 e. The molecule has 2 aliphatic rings. The number of amides is 3. The summed E-state index contributed by atoms with van der Waals surface area (Å²) in [6.45, 7) is 4.62. The van der Waals surface area contributed by atoms with Gasteiger partial charge in [-0.1, -0.05) is 43.2 Å².